The average molecular weight is 195 g/mol. The Morgan fingerprint density at radius 1 is 1.64 bits per heavy atom. The highest BCUT2D eigenvalue weighted by Crippen LogP contribution is 2.11. The molecule has 1 aromatic heterocycles. The summed E-state index contributed by atoms with van der Waals surface area (Å²) in [6, 6.07) is 0.642. The fourth-order valence-electron chi connectivity index (χ4n) is 1.88. The van der Waals surface area contributed by atoms with Crippen molar-refractivity contribution in [3.05, 3.63) is 12.2 Å². The molecule has 1 N–H and O–H groups in total. The van der Waals surface area contributed by atoms with E-state index in [2.05, 4.69) is 20.3 Å². The van der Waals surface area contributed by atoms with Gasteiger partial charge in [-0.3, -0.25) is 9.58 Å². The average Bonchev–Trinajstić information content (AvgIpc) is 2.77. The highest BCUT2D eigenvalue weighted by Gasteiger charge is 2.21. The Kier molecular flexibility index (Phi) is 2.79. The first-order chi connectivity index (χ1) is 6.79. The molecule has 0 spiro atoms. The quantitative estimate of drug-likeness (QED) is 0.713. The smallest absolute Gasteiger partial charge is 0.140 e. The van der Waals surface area contributed by atoms with E-state index in [1.165, 1.54) is 6.42 Å². The minimum Gasteiger partial charge on any atom is -0.316 e. The molecule has 1 aliphatic heterocycles. The van der Waals surface area contributed by atoms with Gasteiger partial charge in [0.1, 0.15) is 12.2 Å². The van der Waals surface area contributed by atoms with Gasteiger partial charge in [-0.05, 0) is 13.5 Å². The third kappa shape index (κ3) is 1.93. The maximum absolute atomic E-state index is 4.22. The molecule has 1 aromatic rings. The molecule has 1 atom stereocenters. The number of aryl methyl sites for hydroxylation is 1. The molecule has 5 heteroatoms. The van der Waals surface area contributed by atoms with Gasteiger partial charge in [-0.25, -0.2) is 4.98 Å². The molecule has 1 aliphatic rings. The number of hydrogen-bond acceptors (Lipinski definition) is 4. The van der Waals surface area contributed by atoms with Crippen LogP contribution < -0.4 is 5.32 Å². The summed E-state index contributed by atoms with van der Waals surface area (Å²) in [5.74, 6) is 1.04. The lowest BCUT2D eigenvalue weighted by atomic mass is 10.3. The lowest BCUT2D eigenvalue weighted by Crippen LogP contribution is -2.29. The van der Waals surface area contributed by atoms with E-state index in [1.54, 1.807) is 6.33 Å². The fraction of sp³-hybridized carbons (Fsp3) is 0.778. The molecular weight excluding hydrogens is 178 g/mol. The predicted octanol–water partition coefficient (Wildman–Crippen LogP) is -0.391. The van der Waals surface area contributed by atoms with E-state index in [9.17, 15) is 0 Å². The van der Waals surface area contributed by atoms with Gasteiger partial charge in [0.2, 0.25) is 0 Å². The summed E-state index contributed by atoms with van der Waals surface area (Å²) in [6.07, 6.45) is 2.84. The Hall–Kier alpha value is -0.940. The highest BCUT2D eigenvalue weighted by molar-refractivity contribution is 4.87. The van der Waals surface area contributed by atoms with Crippen LogP contribution in [0.25, 0.3) is 0 Å². The van der Waals surface area contributed by atoms with Crippen molar-refractivity contribution in [3.63, 3.8) is 0 Å². The number of nitrogens with one attached hydrogen (secondary N) is 1. The minimum absolute atomic E-state index is 0.642. The van der Waals surface area contributed by atoms with Crippen molar-refractivity contribution < 1.29 is 0 Å². The van der Waals surface area contributed by atoms with Gasteiger partial charge in [0.05, 0.1) is 6.54 Å². The van der Waals surface area contributed by atoms with Gasteiger partial charge in [0, 0.05) is 26.2 Å². The lowest BCUT2D eigenvalue weighted by molar-refractivity contribution is 0.308. The SMILES string of the molecule is CNC1CCN(Cc2ncnn2C)C1. The Balaban J connectivity index is 1.90. The maximum atomic E-state index is 4.22. The molecule has 1 unspecified atom stereocenters. The second-order valence-corrected chi connectivity index (χ2v) is 3.81. The van der Waals surface area contributed by atoms with E-state index < -0.39 is 0 Å². The van der Waals surface area contributed by atoms with Crippen LogP contribution >= 0.6 is 0 Å². The number of hydrogen-bond donors (Lipinski definition) is 1. The lowest BCUT2D eigenvalue weighted by Gasteiger charge is -2.14. The van der Waals surface area contributed by atoms with Gasteiger partial charge >= 0.3 is 0 Å². The first kappa shape index (κ1) is 9.61. The standard InChI is InChI=1S/C9H17N5/c1-10-8-3-4-14(5-8)6-9-11-7-12-13(9)2/h7-8,10H,3-6H2,1-2H3. The Labute approximate surface area is 84.1 Å². The van der Waals surface area contributed by atoms with E-state index in [0.717, 1.165) is 25.5 Å². The molecule has 0 aliphatic carbocycles. The van der Waals surface area contributed by atoms with E-state index in [4.69, 9.17) is 0 Å². The third-order valence-corrected chi connectivity index (χ3v) is 2.85. The van der Waals surface area contributed by atoms with Crippen molar-refractivity contribution >= 4 is 0 Å². The minimum atomic E-state index is 0.642. The normalized spacial score (nSPS) is 23.1. The van der Waals surface area contributed by atoms with Crippen LogP contribution in [0.15, 0.2) is 6.33 Å². The predicted molar refractivity (Wildman–Crippen MR) is 53.7 cm³/mol. The molecule has 14 heavy (non-hydrogen) atoms. The second kappa shape index (κ2) is 4.06. The van der Waals surface area contributed by atoms with Crippen molar-refractivity contribution in [3.8, 4) is 0 Å². The number of nitrogens with zero attached hydrogens (tertiary/aromatic N) is 4. The summed E-state index contributed by atoms with van der Waals surface area (Å²) >= 11 is 0. The van der Waals surface area contributed by atoms with E-state index in [0.29, 0.717) is 6.04 Å². The summed E-state index contributed by atoms with van der Waals surface area (Å²) in [5.41, 5.74) is 0. The zero-order valence-corrected chi connectivity index (χ0v) is 8.77. The summed E-state index contributed by atoms with van der Waals surface area (Å²) in [6.45, 7) is 3.18. The van der Waals surface area contributed by atoms with Crippen LogP contribution in [-0.4, -0.2) is 45.8 Å². The molecule has 0 bridgehead atoms. The summed E-state index contributed by atoms with van der Waals surface area (Å²) in [7, 11) is 3.96. The molecule has 0 aromatic carbocycles. The molecular formula is C9H17N5. The molecule has 78 valence electrons. The first-order valence-electron chi connectivity index (χ1n) is 5.02. The second-order valence-electron chi connectivity index (χ2n) is 3.81. The van der Waals surface area contributed by atoms with Crippen LogP contribution in [0.4, 0.5) is 0 Å². The topological polar surface area (TPSA) is 46.0 Å². The van der Waals surface area contributed by atoms with Crippen molar-refractivity contribution in [2.75, 3.05) is 20.1 Å². The zero-order chi connectivity index (χ0) is 9.97. The van der Waals surface area contributed by atoms with Gasteiger partial charge in [-0.15, -0.1) is 0 Å². The van der Waals surface area contributed by atoms with Gasteiger partial charge in [-0.2, -0.15) is 5.10 Å². The molecule has 0 radical (unpaired) electrons. The van der Waals surface area contributed by atoms with Crippen LogP contribution in [0.3, 0.4) is 0 Å². The van der Waals surface area contributed by atoms with Gasteiger partial charge in [-0.1, -0.05) is 0 Å². The summed E-state index contributed by atoms with van der Waals surface area (Å²) < 4.78 is 1.84. The highest BCUT2D eigenvalue weighted by atomic mass is 15.3. The Bertz CT molecular complexity index is 295. The summed E-state index contributed by atoms with van der Waals surface area (Å²) in [5, 5.41) is 7.36. The van der Waals surface area contributed by atoms with E-state index in [1.807, 2.05) is 18.8 Å². The number of rotatable bonds is 3. The number of aromatic nitrogens is 3. The van der Waals surface area contributed by atoms with Crippen molar-refractivity contribution in [1.29, 1.82) is 0 Å². The third-order valence-electron chi connectivity index (χ3n) is 2.85. The fourth-order valence-corrected chi connectivity index (χ4v) is 1.88. The van der Waals surface area contributed by atoms with Gasteiger partial charge in [0.15, 0.2) is 0 Å². The van der Waals surface area contributed by atoms with Crippen LogP contribution in [0.1, 0.15) is 12.2 Å². The Morgan fingerprint density at radius 3 is 3.07 bits per heavy atom. The molecule has 2 heterocycles. The molecule has 1 fully saturated rings. The van der Waals surface area contributed by atoms with E-state index >= 15 is 0 Å². The molecule has 1 saturated heterocycles. The maximum Gasteiger partial charge on any atom is 0.140 e. The van der Waals surface area contributed by atoms with Crippen molar-refractivity contribution in [1.82, 2.24) is 25.0 Å². The molecule has 5 nitrogen and oxygen atoms in total. The molecule has 0 amide bonds. The van der Waals surface area contributed by atoms with Crippen LogP contribution in [-0.2, 0) is 13.6 Å². The molecule has 2 rings (SSSR count). The summed E-state index contributed by atoms with van der Waals surface area (Å²) in [4.78, 5) is 6.63. The number of likely N-dealkylation sites (tertiary alicyclic amines) is 1. The van der Waals surface area contributed by atoms with Crippen molar-refractivity contribution in [2.45, 2.75) is 19.0 Å². The van der Waals surface area contributed by atoms with Gasteiger partial charge in [0.25, 0.3) is 0 Å². The zero-order valence-electron chi connectivity index (χ0n) is 8.77. The van der Waals surface area contributed by atoms with E-state index in [-0.39, 0.29) is 0 Å². The van der Waals surface area contributed by atoms with Crippen molar-refractivity contribution in [2.24, 2.45) is 7.05 Å². The van der Waals surface area contributed by atoms with Crippen LogP contribution in [0.5, 0.6) is 0 Å². The van der Waals surface area contributed by atoms with Gasteiger partial charge < -0.3 is 5.32 Å². The molecule has 0 saturated carbocycles. The van der Waals surface area contributed by atoms with Crippen LogP contribution in [0.2, 0.25) is 0 Å². The largest absolute Gasteiger partial charge is 0.316 e. The number of likely N-dealkylation sites (N-methyl/N-ethyl adjacent to an activating group) is 1. The Morgan fingerprint density at radius 2 is 2.50 bits per heavy atom. The van der Waals surface area contributed by atoms with Crippen LogP contribution in [0, 0.1) is 0 Å². The monoisotopic (exact) mass is 195 g/mol. The first-order valence-corrected chi connectivity index (χ1v) is 5.02.